The van der Waals surface area contributed by atoms with Crippen molar-refractivity contribution in [1.29, 1.82) is 5.26 Å². The summed E-state index contributed by atoms with van der Waals surface area (Å²) in [5.74, 6) is 1.31. The largest absolute Gasteiger partial charge is 0.493 e. The number of nitriles is 1. The Kier molecular flexibility index (Phi) is 2.85. The minimum Gasteiger partial charge on any atom is -0.493 e. The highest BCUT2D eigenvalue weighted by atomic mass is 16.5. The predicted molar refractivity (Wildman–Crippen MR) is 88.9 cm³/mol. The molecule has 1 N–H and O–H groups in total. The van der Waals surface area contributed by atoms with E-state index >= 15 is 0 Å². The number of methoxy groups -OCH3 is 2. The highest BCUT2D eigenvalue weighted by molar-refractivity contribution is 6.16. The van der Waals surface area contributed by atoms with Crippen molar-refractivity contribution in [1.82, 2.24) is 9.97 Å². The first kappa shape index (κ1) is 13.4. The molecule has 0 amide bonds. The molecular formula is C18H13N3O2. The molecule has 0 saturated heterocycles. The van der Waals surface area contributed by atoms with E-state index in [1.807, 2.05) is 30.5 Å². The van der Waals surface area contributed by atoms with Gasteiger partial charge in [0.2, 0.25) is 0 Å². The first-order valence-corrected chi connectivity index (χ1v) is 7.11. The quantitative estimate of drug-likeness (QED) is 0.612. The van der Waals surface area contributed by atoms with Crippen molar-refractivity contribution in [2.75, 3.05) is 14.2 Å². The third kappa shape index (κ3) is 1.89. The van der Waals surface area contributed by atoms with Gasteiger partial charge in [-0.15, -0.1) is 0 Å². The molecule has 0 unspecified atom stereocenters. The molecule has 2 aromatic heterocycles. The van der Waals surface area contributed by atoms with Gasteiger partial charge in [-0.3, -0.25) is 4.98 Å². The fourth-order valence-corrected chi connectivity index (χ4v) is 2.94. The van der Waals surface area contributed by atoms with Crippen molar-refractivity contribution in [3.8, 4) is 17.6 Å². The topological polar surface area (TPSA) is 70.9 Å². The SMILES string of the molecule is COc1cc2ncc3c4cc(C#N)ccc4[nH]c3c2cc1OC. The normalized spacial score (nSPS) is 11.0. The molecule has 0 fully saturated rings. The molecule has 0 aliphatic heterocycles. The number of benzene rings is 2. The van der Waals surface area contributed by atoms with Crippen LogP contribution in [0.25, 0.3) is 32.7 Å². The number of nitrogens with one attached hydrogen (secondary N) is 1. The van der Waals surface area contributed by atoms with Crippen LogP contribution >= 0.6 is 0 Å². The second-order valence-corrected chi connectivity index (χ2v) is 5.27. The van der Waals surface area contributed by atoms with Gasteiger partial charge in [-0.25, -0.2) is 0 Å². The van der Waals surface area contributed by atoms with E-state index in [0.717, 1.165) is 32.7 Å². The van der Waals surface area contributed by atoms with Gasteiger partial charge in [-0.1, -0.05) is 0 Å². The van der Waals surface area contributed by atoms with Crippen LogP contribution in [0.3, 0.4) is 0 Å². The number of aromatic amines is 1. The van der Waals surface area contributed by atoms with Gasteiger partial charge in [0.1, 0.15) is 0 Å². The Hall–Kier alpha value is -3.26. The summed E-state index contributed by atoms with van der Waals surface area (Å²) in [6.07, 6.45) is 1.82. The van der Waals surface area contributed by atoms with Crippen LogP contribution in [-0.4, -0.2) is 24.2 Å². The van der Waals surface area contributed by atoms with Crippen LogP contribution in [0.4, 0.5) is 0 Å². The molecule has 2 heterocycles. The van der Waals surface area contributed by atoms with E-state index in [0.29, 0.717) is 17.1 Å². The molecule has 5 nitrogen and oxygen atoms in total. The van der Waals surface area contributed by atoms with E-state index < -0.39 is 0 Å². The Labute approximate surface area is 132 Å². The zero-order chi connectivity index (χ0) is 16.0. The number of nitrogens with zero attached hydrogens (tertiary/aromatic N) is 2. The van der Waals surface area contributed by atoms with Gasteiger partial charge in [0, 0.05) is 33.9 Å². The van der Waals surface area contributed by atoms with Gasteiger partial charge in [0.15, 0.2) is 11.5 Å². The highest BCUT2D eigenvalue weighted by Crippen LogP contribution is 2.36. The smallest absolute Gasteiger partial charge is 0.162 e. The molecule has 112 valence electrons. The number of hydrogen-bond acceptors (Lipinski definition) is 4. The first-order chi connectivity index (χ1) is 11.2. The van der Waals surface area contributed by atoms with Crippen molar-refractivity contribution in [3.63, 3.8) is 0 Å². The lowest BCUT2D eigenvalue weighted by Gasteiger charge is -2.09. The van der Waals surface area contributed by atoms with Crippen LogP contribution in [0.1, 0.15) is 5.56 Å². The number of rotatable bonds is 2. The van der Waals surface area contributed by atoms with Crippen LogP contribution in [0.15, 0.2) is 36.5 Å². The fourth-order valence-electron chi connectivity index (χ4n) is 2.94. The zero-order valence-corrected chi connectivity index (χ0v) is 12.7. The Morgan fingerprint density at radius 3 is 2.52 bits per heavy atom. The number of ether oxygens (including phenoxy) is 2. The average Bonchev–Trinajstić information content (AvgIpc) is 2.98. The molecule has 0 aliphatic rings. The lowest BCUT2D eigenvalue weighted by atomic mass is 10.1. The van der Waals surface area contributed by atoms with Crippen LogP contribution in [0.2, 0.25) is 0 Å². The highest BCUT2D eigenvalue weighted by Gasteiger charge is 2.13. The maximum Gasteiger partial charge on any atom is 0.162 e. The minimum absolute atomic E-state index is 0.630. The summed E-state index contributed by atoms with van der Waals surface area (Å²) >= 11 is 0. The van der Waals surface area contributed by atoms with Gasteiger partial charge in [-0.2, -0.15) is 5.26 Å². The van der Waals surface area contributed by atoms with Gasteiger partial charge in [-0.05, 0) is 24.3 Å². The standard InChI is InChI=1S/C18H13N3O2/c1-22-16-6-12-15(7-17(16)23-2)20-9-13-11-5-10(8-19)3-4-14(11)21-18(12)13/h3-7,9,21H,1-2H3. The molecular weight excluding hydrogens is 290 g/mol. The van der Waals surface area contributed by atoms with Crippen LogP contribution in [0.5, 0.6) is 11.5 Å². The summed E-state index contributed by atoms with van der Waals surface area (Å²) in [4.78, 5) is 7.95. The number of aromatic nitrogens is 2. The molecule has 0 radical (unpaired) electrons. The Balaban J connectivity index is 2.14. The molecule has 0 aliphatic carbocycles. The molecule has 4 aromatic rings. The summed E-state index contributed by atoms with van der Waals surface area (Å²) in [5.41, 5.74) is 3.40. The number of fused-ring (bicyclic) bond motifs is 5. The molecule has 2 aromatic carbocycles. The average molecular weight is 303 g/mol. The Bertz CT molecular complexity index is 1110. The fraction of sp³-hybridized carbons (Fsp3) is 0.111. The maximum absolute atomic E-state index is 9.10. The van der Waals surface area contributed by atoms with E-state index in [2.05, 4.69) is 16.0 Å². The van der Waals surface area contributed by atoms with Crippen LogP contribution in [-0.2, 0) is 0 Å². The predicted octanol–water partition coefficient (Wildman–Crippen LogP) is 3.76. The molecule has 4 rings (SSSR count). The van der Waals surface area contributed by atoms with Crippen molar-refractivity contribution in [3.05, 3.63) is 42.1 Å². The molecule has 5 heteroatoms. The van der Waals surface area contributed by atoms with Gasteiger partial charge < -0.3 is 14.5 Å². The monoisotopic (exact) mass is 303 g/mol. The van der Waals surface area contributed by atoms with Gasteiger partial charge >= 0.3 is 0 Å². The maximum atomic E-state index is 9.10. The number of hydrogen-bond donors (Lipinski definition) is 1. The molecule has 0 atom stereocenters. The first-order valence-electron chi connectivity index (χ1n) is 7.11. The molecule has 0 saturated carbocycles. The van der Waals surface area contributed by atoms with Crippen molar-refractivity contribution in [2.45, 2.75) is 0 Å². The lowest BCUT2D eigenvalue weighted by molar-refractivity contribution is 0.356. The summed E-state index contributed by atoms with van der Waals surface area (Å²) in [6, 6.07) is 11.6. The summed E-state index contributed by atoms with van der Waals surface area (Å²) < 4.78 is 10.7. The van der Waals surface area contributed by atoms with Crippen LogP contribution in [0, 0.1) is 11.3 Å². The lowest BCUT2D eigenvalue weighted by Crippen LogP contribution is -1.91. The summed E-state index contributed by atoms with van der Waals surface area (Å²) in [7, 11) is 3.22. The second kappa shape index (κ2) is 4.89. The number of pyridine rings is 1. The summed E-state index contributed by atoms with van der Waals surface area (Å²) in [5, 5.41) is 12.0. The third-order valence-corrected chi connectivity index (χ3v) is 4.07. The molecule has 23 heavy (non-hydrogen) atoms. The third-order valence-electron chi connectivity index (χ3n) is 4.07. The Morgan fingerprint density at radius 2 is 1.78 bits per heavy atom. The minimum atomic E-state index is 0.630. The van der Waals surface area contributed by atoms with E-state index in [1.165, 1.54) is 0 Å². The number of H-pyrrole nitrogens is 1. The van der Waals surface area contributed by atoms with E-state index in [-0.39, 0.29) is 0 Å². The van der Waals surface area contributed by atoms with Gasteiger partial charge in [0.25, 0.3) is 0 Å². The van der Waals surface area contributed by atoms with Crippen molar-refractivity contribution in [2.24, 2.45) is 0 Å². The van der Waals surface area contributed by atoms with E-state index in [9.17, 15) is 0 Å². The molecule has 0 spiro atoms. The van der Waals surface area contributed by atoms with E-state index in [1.54, 1.807) is 20.3 Å². The van der Waals surface area contributed by atoms with E-state index in [4.69, 9.17) is 14.7 Å². The van der Waals surface area contributed by atoms with Crippen LogP contribution < -0.4 is 9.47 Å². The van der Waals surface area contributed by atoms with Crippen molar-refractivity contribution >= 4 is 32.7 Å². The second-order valence-electron chi connectivity index (χ2n) is 5.27. The zero-order valence-electron chi connectivity index (χ0n) is 12.7. The Morgan fingerprint density at radius 1 is 1.00 bits per heavy atom. The van der Waals surface area contributed by atoms with Gasteiger partial charge in [0.05, 0.1) is 36.9 Å². The molecule has 0 bridgehead atoms. The summed E-state index contributed by atoms with van der Waals surface area (Å²) in [6.45, 7) is 0. The van der Waals surface area contributed by atoms with Crippen molar-refractivity contribution < 1.29 is 9.47 Å².